The maximum atomic E-state index is 9.04. The van der Waals surface area contributed by atoms with Crippen LogP contribution in [0.3, 0.4) is 0 Å². The first kappa shape index (κ1) is 7.32. The van der Waals surface area contributed by atoms with Crippen molar-refractivity contribution in [1.29, 1.82) is 0 Å². The standard InChI is InChI=1S/C6H11NO.ClH/c8-5-1-4-2-6(4)7-3-5;/h4-8H,1-3H2;1H/t4-,5-,6+;/m1./s1. The zero-order valence-electron chi connectivity index (χ0n) is 5.21. The second-order valence-corrected chi connectivity index (χ2v) is 2.90. The number of hydrogen-bond donors (Lipinski definition) is 2. The molecule has 0 unspecified atom stereocenters. The summed E-state index contributed by atoms with van der Waals surface area (Å²) < 4.78 is 0. The molecule has 1 saturated heterocycles. The lowest BCUT2D eigenvalue weighted by atomic mass is 10.1. The third kappa shape index (κ3) is 1.37. The van der Waals surface area contributed by atoms with Crippen molar-refractivity contribution in [3.8, 4) is 0 Å². The van der Waals surface area contributed by atoms with Crippen molar-refractivity contribution in [2.24, 2.45) is 5.92 Å². The van der Waals surface area contributed by atoms with Gasteiger partial charge in [0.15, 0.2) is 0 Å². The van der Waals surface area contributed by atoms with Crippen molar-refractivity contribution in [3.05, 3.63) is 0 Å². The molecular weight excluding hydrogens is 138 g/mol. The summed E-state index contributed by atoms with van der Waals surface area (Å²) in [6.45, 7) is 0.821. The van der Waals surface area contributed by atoms with Gasteiger partial charge in [-0.25, -0.2) is 0 Å². The van der Waals surface area contributed by atoms with Crippen molar-refractivity contribution in [1.82, 2.24) is 5.32 Å². The maximum absolute atomic E-state index is 9.04. The van der Waals surface area contributed by atoms with Gasteiger partial charge in [0, 0.05) is 12.6 Å². The molecule has 0 aromatic carbocycles. The lowest BCUT2D eigenvalue weighted by Crippen LogP contribution is -2.34. The molecule has 54 valence electrons. The van der Waals surface area contributed by atoms with E-state index in [9.17, 15) is 0 Å². The Bertz CT molecular complexity index is 109. The van der Waals surface area contributed by atoms with Gasteiger partial charge in [-0.2, -0.15) is 0 Å². The third-order valence-corrected chi connectivity index (χ3v) is 2.11. The molecule has 0 spiro atoms. The molecule has 3 atom stereocenters. The summed E-state index contributed by atoms with van der Waals surface area (Å²) in [7, 11) is 0. The Morgan fingerprint density at radius 3 is 2.67 bits per heavy atom. The number of aliphatic hydroxyl groups is 1. The summed E-state index contributed by atoms with van der Waals surface area (Å²) in [6.07, 6.45) is 2.29. The molecule has 2 rings (SSSR count). The van der Waals surface area contributed by atoms with Crippen LogP contribution < -0.4 is 5.32 Å². The molecule has 2 nitrogen and oxygen atoms in total. The molecular formula is C6H12ClNO. The molecule has 1 aliphatic carbocycles. The topological polar surface area (TPSA) is 32.3 Å². The molecule has 0 radical (unpaired) electrons. The number of β-amino-alcohol motifs (C(OH)–C–C–N with tert-alkyl or cyclic N) is 1. The average molecular weight is 150 g/mol. The maximum Gasteiger partial charge on any atom is 0.0667 e. The van der Waals surface area contributed by atoms with Gasteiger partial charge in [-0.3, -0.25) is 0 Å². The minimum Gasteiger partial charge on any atom is -0.392 e. The largest absolute Gasteiger partial charge is 0.392 e. The first-order valence-corrected chi connectivity index (χ1v) is 3.28. The minimum atomic E-state index is -0.0567. The van der Waals surface area contributed by atoms with Gasteiger partial charge < -0.3 is 10.4 Å². The van der Waals surface area contributed by atoms with E-state index in [4.69, 9.17) is 5.11 Å². The van der Waals surface area contributed by atoms with Gasteiger partial charge >= 0.3 is 0 Å². The minimum absolute atomic E-state index is 0. The van der Waals surface area contributed by atoms with Crippen LogP contribution in [0, 0.1) is 5.92 Å². The Hall–Kier alpha value is 0.210. The molecule has 2 N–H and O–H groups in total. The second-order valence-electron chi connectivity index (χ2n) is 2.90. The Morgan fingerprint density at radius 2 is 2.11 bits per heavy atom. The first-order chi connectivity index (χ1) is 3.86. The third-order valence-electron chi connectivity index (χ3n) is 2.11. The fourth-order valence-corrected chi connectivity index (χ4v) is 1.48. The first-order valence-electron chi connectivity index (χ1n) is 3.28. The predicted octanol–water partition coefficient (Wildman–Crippen LogP) is 0.151. The number of nitrogens with one attached hydrogen (secondary N) is 1. The van der Waals surface area contributed by atoms with E-state index in [-0.39, 0.29) is 18.5 Å². The van der Waals surface area contributed by atoms with E-state index >= 15 is 0 Å². The fraction of sp³-hybridized carbons (Fsp3) is 1.00. The highest BCUT2D eigenvalue weighted by atomic mass is 35.5. The zero-order chi connectivity index (χ0) is 5.56. The summed E-state index contributed by atoms with van der Waals surface area (Å²) in [6, 6.07) is 0.776. The van der Waals surface area contributed by atoms with Crippen LogP contribution in [-0.2, 0) is 0 Å². The number of aliphatic hydroxyl groups excluding tert-OH is 1. The number of fused-ring (bicyclic) bond motifs is 1. The van der Waals surface area contributed by atoms with E-state index in [2.05, 4.69) is 5.32 Å². The molecule has 1 heterocycles. The number of piperidine rings is 1. The highest BCUT2D eigenvalue weighted by molar-refractivity contribution is 5.85. The quantitative estimate of drug-likeness (QED) is 0.514. The van der Waals surface area contributed by atoms with Crippen molar-refractivity contribution in [3.63, 3.8) is 0 Å². The SMILES string of the molecule is Cl.O[C@H]1CN[C@H]2C[C@H]2C1. The van der Waals surface area contributed by atoms with Gasteiger partial charge in [0.25, 0.3) is 0 Å². The molecule has 1 saturated carbocycles. The molecule has 1 aliphatic heterocycles. The van der Waals surface area contributed by atoms with Crippen LogP contribution in [0.2, 0.25) is 0 Å². The van der Waals surface area contributed by atoms with Crippen molar-refractivity contribution in [2.45, 2.75) is 25.0 Å². The van der Waals surface area contributed by atoms with Gasteiger partial charge in [-0.05, 0) is 18.8 Å². The predicted molar refractivity (Wildman–Crippen MR) is 37.8 cm³/mol. The van der Waals surface area contributed by atoms with Crippen LogP contribution in [-0.4, -0.2) is 23.8 Å². The second kappa shape index (κ2) is 2.45. The summed E-state index contributed by atoms with van der Waals surface area (Å²) in [4.78, 5) is 0. The van der Waals surface area contributed by atoms with E-state index in [1.165, 1.54) is 6.42 Å². The van der Waals surface area contributed by atoms with Gasteiger partial charge in [-0.15, -0.1) is 12.4 Å². The van der Waals surface area contributed by atoms with E-state index < -0.39 is 0 Å². The lowest BCUT2D eigenvalue weighted by molar-refractivity contribution is 0.138. The molecule has 3 heteroatoms. The molecule has 0 amide bonds. The van der Waals surface area contributed by atoms with Gasteiger partial charge in [-0.1, -0.05) is 0 Å². The monoisotopic (exact) mass is 149 g/mol. The normalized spacial score (nSPS) is 47.0. The van der Waals surface area contributed by atoms with Crippen LogP contribution >= 0.6 is 12.4 Å². The summed E-state index contributed by atoms with van der Waals surface area (Å²) in [5.41, 5.74) is 0. The highest BCUT2D eigenvalue weighted by Gasteiger charge is 2.41. The summed E-state index contributed by atoms with van der Waals surface area (Å²) in [5, 5.41) is 12.3. The van der Waals surface area contributed by atoms with E-state index in [0.717, 1.165) is 24.9 Å². The molecule has 0 aromatic heterocycles. The van der Waals surface area contributed by atoms with Crippen LogP contribution in [0.15, 0.2) is 0 Å². The molecule has 2 fully saturated rings. The fourth-order valence-electron chi connectivity index (χ4n) is 1.48. The summed E-state index contributed by atoms with van der Waals surface area (Å²) >= 11 is 0. The van der Waals surface area contributed by atoms with E-state index in [0.29, 0.717) is 0 Å². The van der Waals surface area contributed by atoms with Gasteiger partial charge in [0.2, 0.25) is 0 Å². The van der Waals surface area contributed by atoms with Crippen LogP contribution in [0.4, 0.5) is 0 Å². The molecule has 9 heavy (non-hydrogen) atoms. The van der Waals surface area contributed by atoms with Crippen LogP contribution in [0.5, 0.6) is 0 Å². The number of hydrogen-bond acceptors (Lipinski definition) is 2. The zero-order valence-corrected chi connectivity index (χ0v) is 6.03. The summed E-state index contributed by atoms with van der Waals surface area (Å²) in [5.74, 6) is 0.818. The van der Waals surface area contributed by atoms with Gasteiger partial charge in [0.05, 0.1) is 6.10 Å². The van der Waals surface area contributed by atoms with E-state index in [1.54, 1.807) is 0 Å². The Labute approximate surface area is 61.0 Å². The Morgan fingerprint density at radius 1 is 1.33 bits per heavy atom. The van der Waals surface area contributed by atoms with Crippen molar-refractivity contribution in [2.75, 3.05) is 6.54 Å². The molecule has 0 aromatic rings. The van der Waals surface area contributed by atoms with Crippen molar-refractivity contribution < 1.29 is 5.11 Å². The smallest absolute Gasteiger partial charge is 0.0667 e. The highest BCUT2D eigenvalue weighted by Crippen LogP contribution is 2.37. The van der Waals surface area contributed by atoms with E-state index in [1.807, 2.05) is 0 Å². The molecule has 2 aliphatic rings. The number of halogens is 1. The lowest BCUT2D eigenvalue weighted by Gasteiger charge is -2.16. The van der Waals surface area contributed by atoms with Gasteiger partial charge in [0.1, 0.15) is 0 Å². The Balaban J connectivity index is 0.000000405. The Kier molecular flexibility index (Phi) is 1.99. The van der Waals surface area contributed by atoms with Crippen molar-refractivity contribution >= 4 is 12.4 Å². The average Bonchev–Trinajstić information content (AvgIpc) is 2.43. The molecule has 0 bridgehead atoms. The number of rotatable bonds is 0. The van der Waals surface area contributed by atoms with Crippen LogP contribution in [0.1, 0.15) is 12.8 Å². The van der Waals surface area contributed by atoms with Crippen LogP contribution in [0.25, 0.3) is 0 Å².